The van der Waals surface area contributed by atoms with E-state index in [4.69, 9.17) is 10.5 Å². The van der Waals surface area contributed by atoms with Gasteiger partial charge in [0, 0.05) is 36.2 Å². The number of nitrogens with zero attached hydrogens (tertiary/aromatic N) is 3. The van der Waals surface area contributed by atoms with Crippen LogP contribution in [0.3, 0.4) is 0 Å². The molecule has 0 fully saturated rings. The van der Waals surface area contributed by atoms with Crippen molar-refractivity contribution < 1.29 is 4.74 Å². The van der Waals surface area contributed by atoms with E-state index in [1.54, 1.807) is 18.7 Å². The lowest BCUT2D eigenvalue weighted by molar-refractivity contribution is 0.304. The van der Waals surface area contributed by atoms with E-state index < -0.39 is 0 Å². The Morgan fingerprint density at radius 3 is 3.00 bits per heavy atom. The third kappa shape index (κ3) is 2.56. The van der Waals surface area contributed by atoms with Gasteiger partial charge in [0.15, 0.2) is 0 Å². The molecule has 0 atom stereocenters. The predicted molar refractivity (Wildman–Crippen MR) is 78.5 cm³/mol. The normalized spacial score (nSPS) is 10.8. The number of hydrogen-bond acceptors (Lipinski definition) is 4. The number of aromatic nitrogens is 3. The smallest absolute Gasteiger partial charge is 0.145 e. The molecule has 0 amide bonds. The average molecular weight is 268 g/mol. The Balaban J connectivity index is 1.67. The number of nitrogens with two attached hydrogens (primary N) is 1. The van der Waals surface area contributed by atoms with Crippen LogP contribution in [0.25, 0.3) is 10.9 Å². The number of benzene rings is 1. The zero-order valence-corrected chi connectivity index (χ0v) is 11.1. The summed E-state index contributed by atoms with van der Waals surface area (Å²) in [5, 5.41) is 0.930. The number of pyridine rings is 1. The van der Waals surface area contributed by atoms with Crippen molar-refractivity contribution in [3.63, 3.8) is 0 Å². The van der Waals surface area contributed by atoms with Crippen LogP contribution in [0.15, 0.2) is 49.2 Å². The van der Waals surface area contributed by atoms with Gasteiger partial charge < -0.3 is 15.0 Å². The largest absolute Gasteiger partial charge is 0.491 e. The Kier molecular flexibility index (Phi) is 3.50. The molecule has 0 aliphatic carbocycles. The fourth-order valence-corrected chi connectivity index (χ4v) is 2.13. The summed E-state index contributed by atoms with van der Waals surface area (Å²) in [5.41, 5.74) is 7.47. The molecule has 0 unspecified atom stereocenters. The minimum Gasteiger partial charge on any atom is -0.491 e. The van der Waals surface area contributed by atoms with Gasteiger partial charge in [-0.2, -0.15) is 0 Å². The summed E-state index contributed by atoms with van der Waals surface area (Å²) in [5.74, 6) is 0.778. The van der Waals surface area contributed by atoms with Crippen molar-refractivity contribution >= 4 is 16.6 Å². The first kappa shape index (κ1) is 12.5. The van der Waals surface area contributed by atoms with Crippen molar-refractivity contribution in [1.29, 1.82) is 0 Å². The van der Waals surface area contributed by atoms with Crippen molar-refractivity contribution in [3.05, 3.63) is 49.2 Å². The highest BCUT2D eigenvalue weighted by molar-refractivity contribution is 5.94. The predicted octanol–water partition coefficient (Wildman–Crippen LogP) is 2.48. The van der Waals surface area contributed by atoms with Crippen LogP contribution in [0.1, 0.15) is 6.42 Å². The Morgan fingerprint density at radius 1 is 1.20 bits per heavy atom. The summed E-state index contributed by atoms with van der Waals surface area (Å²) in [6.07, 6.45) is 8.19. The van der Waals surface area contributed by atoms with Crippen molar-refractivity contribution in [1.82, 2.24) is 14.5 Å². The number of anilines is 1. The van der Waals surface area contributed by atoms with Gasteiger partial charge in [-0.1, -0.05) is 0 Å². The van der Waals surface area contributed by atoms with Gasteiger partial charge in [-0.25, -0.2) is 4.98 Å². The van der Waals surface area contributed by atoms with E-state index in [9.17, 15) is 0 Å². The third-order valence-corrected chi connectivity index (χ3v) is 3.14. The summed E-state index contributed by atoms with van der Waals surface area (Å²) in [4.78, 5) is 8.36. The third-order valence-electron chi connectivity index (χ3n) is 3.14. The van der Waals surface area contributed by atoms with Gasteiger partial charge in [-0.15, -0.1) is 0 Å². The number of rotatable bonds is 5. The summed E-state index contributed by atoms with van der Waals surface area (Å²) < 4.78 is 7.85. The molecule has 5 heteroatoms. The van der Waals surface area contributed by atoms with Gasteiger partial charge in [-0.05, 0) is 30.7 Å². The number of ether oxygens (including phenoxy) is 1. The summed E-state index contributed by atoms with van der Waals surface area (Å²) >= 11 is 0. The van der Waals surface area contributed by atoms with Gasteiger partial charge in [0.1, 0.15) is 11.3 Å². The molecule has 3 aromatic rings. The number of hydrogen-bond donors (Lipinski definition) is 1. The van der Waals surface area contributed by atoms with Gasteiger partial charge >= 0.3 is 0 Å². The number of fused-ring (bicyclic) bond motifs is 1. The second kappa shape index (κ2) is 5.61. The molecule has 2 N–H and O–H groups in total. The SMILES string of the molecule is Nc1ccc(OCCCn2ccnc2)c2ncccc12. The van der Waals surface area contributed by atoms with Crippen LogP contribution in [0.2, 0.25) is 0 Å². The number of nitrogen functional groups attached to an aromatic ring is 1. The molecule has 2 heterocycles. The first-order chi connectivity index (χ1) is 9.84. The Morgan fingerprint density at radius 2 is 2.15 bits per heavy atom. The Hall–Kier alpha value is -2.56. The highest BCUT2D eigenvalue weighted by Gasteiger charge is 2.05. The van der Waals surface area contributed by atoms with Gasteiger partial charge in [0.2, 0.25) is 0 Å². The van der Waals surface area contributed by atoms with E-state index in [1.807, 2.05) is 35.0 Å². The highest BCUT2D eigenvalue weighted by Crippen LogP contribution is 2.28. The van der Waals surface area contributed by atoms with Crippen LogP contribution in [-0.4, -0.2) is 21.1 Å². The van der Waals surface area contributed by atoms with Crippen LogP contribution in [0.4, 0.5) is 5.69 Å². The monoisotopic (exact) mass is 268 g/mol. The molecule has 20 heavy (non-hydrogen) atoms. The second-order valence-electron chi connectivity index (χ2n) is 4.56. The Labute approximate surface area is 117 Å². The van der Waals surface area contributed by atoms with Crippen molar-refractivity contribution in [2.24, 2.45) is 0 Å². The fraction of sp³-hybridized carbons (Fsp3) is 0.200. The zero-order chi connectivity index (χ0) is 13.8. The second-order valence-corrected chi connectivity index (χ2v) is 4.56. The molecule has 0 aliphatic rings. The zero-order valence-electron chi connectivity index (χ0n) is 11.1. The van der Waals surface area contributed by atoms with E-state index in [0.717, 1.165) is 35.3 Å². The topological polar surface area (TPSA) is 66.0 Å². The highest BCUT2D eigenvalue weighted by atomic mass is 16.5. The van der Waals surface area contributed by atoms with Gasteiger partial charge in [0.05, 0.1) is 12.9 Å². The van der Waals surface area contributed by atoms with E-state index in [1.165, 1.54) is 0 Å². The molecule has 3 rings (SSSR count). The van der Waals surface area contributed by atoms with E-state index in [-0.39, 0.29) is 0 Å². The van der Waals surface area contributed by atoms with E-state index >= 15 is 0 Å². The van der Waals surface area contributed by atoms with Crippen LogP contribution in [-0.2, 0) is 6.54 Å². The maximum absolute atomic E-state index is 5.94. The lowest BCUT2D eigenvalue weighted by atomic mass is 10.1. The first-order valence-electron chi connectivity index (χ1n) is 6.56. The van der Waals surface area contributed by atoms with Gasteiger partial charge in [0.25, 0.3) is 0 Å². The van der Waals surface area contributed by atoms with E-state index in [0.29, 0.717) is 6.61 Å². The minimum atomic E-state index is 0.633. The summed E-state index contributed by atoms with van der Waals surface area (Å²) in [6.45, 7) is 1.52. The molecular weight excluding hydrogens is 252 g/mol. The number of imidazole rings is 1. The minimum absolute atomic E-state index is 0.633. The molecule has 0 radical (unpaired) electrons. The van der Waals surface area contributed by atoms with Crippen molar-refractivity contribution in [2.45, 2.75) is 13.0 Å². The van der Waals surface area contributed by atoms with Crippen molar-refractivity contribution in [2.75, 3.05) is 12.3 Å². The molecule has 5 nitrogen and oxygen atoms in total. The molecule has 0 aliphatic heterocycles. The molecule has 0 saturated carbocycles. The van der Waals surface area contributed by atoms with Crippen LogP contribution >= 0.6 is 0 Å². The molecule has 2 aromatic heterocycles. The van der Waals surface area contributed by atoms with E-state index in [2.05, 4.69) is 9.97 Å². The molecule has 102 valence electrons. The number of aryl methyl sites for hydroxylation is 1. The maximum Gasteiger partial charge on any atom is 0.145 e. The molecular formula is C15H16N4O. The molecule has 0 saturated heterocycles. The van der Waals surface area contributed by atoms with Crippen molar-refractivity contribution in [3.8, 4) is 5.75 Å². The summed E-state index contributed by atoms with van der Waals surface area (Å²) in [6, 6.07) is 7.56. The average Bonchev–Trinajstić information content (AvgIpc) is 2.99. The summed E-state index contributed by atoms with van der Waals surface area (Å²) in [7, 11) is 0. The maximum atomic E-state index is 5.94. The van der Waals surface area contributed by atoms with Crippen LogP contribution in [0.5, 0.6) is 5.75 Å². The molecule has 0 spiro atoms. The molecule has 1 aromatic carbocycles. The molecule has 0 bridgehead atoms. The first-order valence-corrected chi connectivity index (χ1v) is 6.56. The fourth-order valence-electron chi connectivity index (χ4n) is 2.13. The van der Waals surface area contributed by atoms with Gasteiger partial charge in [-0.3, -0.25) is 4.98 Å². The van der Waals surface area contributed by atoms with Crippen LogP contribution < -0.4 is 10.5 Å². The van der Waals surface area contributed by atoms with Crippen LogP contribution in [0, 0.1) is 0 Å². The standard InChI is InChI=1S/C15H16N4O/c16-13-4-5-14(15-12(13)3-1-6-18-15)20-10-2-8-19-9-7-17-11-19/h1,3-7,9,11H,2,8,10,16H2. The Bertz CT molecular complexity index is 694. The quantitative estimate of drug-likeness (QED) is 0.570. The lowest BCUT2D eigenvalue weighted by Crippen LogP contribution is -2.04. The lowest BCUT2D eigenvalue weighted by Gasteiger charge is -2.10.